The van der Waals surface area contributed by atoms with Crippen LogP contribution in [0.1, 0.15) is 13.8 Å². The van der Waals surface area contributed by atoms with Gasteiger partial charge in [0.15, 0.2) is 0 Å². The molecule has 1 unspecified atom stereocenters. The molecule has 90 valence electrons. The summed E-state index contributed by atoms with van der Waals surface area (Å²) in [6, 6.07) is 9.79. The monoisotopic (exact) mass is 224 g/mol. The van der Waals surface area contributed by atoms with E-state index >= 15 is 0 Å². The van der Waals surface area contributed by atoms with Crippen LogP contribution < -0.4 is 4.74 Å². The molecule has 3 heteroatoms. The number of hydrogen-bond donors (Lipinski definition) is 0. The second-order valence-corrected chi connectivity index (χ2v) is 3.36. The lowest BCUT2D eigenvalue weighted by molar-refractivity contribution is 0.162. The molecule has 1 aliphatic heterocycles. The van der Waals surface area contributed by atoms with Crippen LogP contribution in [0.2, 0.25) is 0 Å². The van der Waals surface area contributed by atoms with E-state index in [4.69, 9.17) is 14.2 Å². The molecule has 0 saturated carbocycles. The Balaban J connectivity index is 0.000000221. The molecule has 3 nitrogen and oxygen atoms in total. The first kappa shape index (κ1) is 13.0. The molecule has 0 aliphatic carbocycles. The van der Waals surface area contributed by atoms with Gasteiger partial charge in [-0.15, -0.1) is 0 Å². The van der Waals surface area contributed by atoms with Crippen molar-refractivity contribution in [2.24, 2.45) is 0 Å². The Hall–Kier alpha value is -1.06. The normalized spacial score (nSPS) is 17.2. The lowest BCUT2D eigenvalue weighted by Gasteiger charge is -2.01. The maximum absolute atomic E-state index is 5.40. The van der Waals surface area contributed by atoms with Crippen molar-refractivity contribution in [2.75, 3.05) is 26.4 Å². The summed E-state index contributed by atoms with van der Waals surface area (Å²) in [6.07, 6.45) is 0.343. The van der Waals surface area contributed by atoms with Crippen LogP contribution in [0.3, 0.4) is 0 Å². The van der Waals surface area contributed by atoms with Crippen molar-refractivity contribution in [3.63, 3.8) is 0 Å². The highest BCUT2D eigenvalue weighted by atomic mass is 16.6. The molecule has 0 N–H and O–H groups in total. The van der Waals surface area contributed by atoms with Gasteiger partial charge in [0.05, 0.1) is 6.61 Å². The minimum Gasteiger partial charge on any atom is -0.491 e. The predicted octanol–water partition coefficient (Wildman–Crippen LogP) is 2.51. The smallest absolute Gasteiger partial charge is 0.119 e. The first-order valence-electron chi connectivity index (χ1n) is 5.74. The molecule has 0 aromatic heterocycles. The first-order valence-corrected chi connectivity index (χ1v) is 5.74. The van der Waals surface area contributed by atoms with Gasteiger partial charge in [-0.2, -0.15) is 0 Å². The maximum Gasteiger partial charge on any atom is 0.119 e. The number of epoxide rings is 1. The molecule has 1 aromatic rings. The van der Waals surface area contributed by atoms with Gasteiger partial charge in [0, 0.05) is 13.2 Å². The Morgan fingerprint density at radius 3 is 2.25 bits per heavy atom. The van der Waals surface area contributed by atoms with Gasteiger partial charge < -0.3 is 14.2 Å². The second kappa shape index (κ2) is 8.13. The summed E-state index contributed by atoms with van der Waals surface area (Å²) < 4.78 is 15.2. The Kier molecular flexibility index (Phi) is 6.61. The SMILES string of the molecule is CCOCC.c1ccc(OCC2CO2)cc1. The second-order valence-electron chi connectivity index (χ2n) is 3.36. The standard InChI is InChI=1S/C9H10O2.C4H10O/c1-2-4-8(5-3-1)10-6-9-7-11-9;1-3-5-4-2/h1-5,9H,6-7H2;3-4H2,1-2H3. The van der Waals surface area contributed by atoms with E-state index in [2.05, 4.69) is 0 Å². The molecule has 1 fully saturated rings. The lowest BCUT2D eigenvalue weighted by atomic mass is 10.3. The van der Waals surface area contributed by atoms with Crippen LogP contribution in [0.15, 0.2) is 30.3 Å². The third-order valence-corrected chi connectivity index (χ3v) is 1.99. The molecular formula is C13H20O3. The Morgan fingerprint density at radius 2 is 1.81 bits per heavy atom. The molecule has 2 rings (SSSR count). The molecule has 1 saturated heterocycles. The molecule has 0 amide bonds. The van der Waals surface area contributed by atoms with Gasteiger partial charge in [-0.25, -0.2) is 0 Å². The summed E-state index contributed by atoms with van der Waals surface area (Å²) in [6.45, 7) is 7.21. The van der Waals surface area contributed by atoms with Crippen LogP contribution in [-0.4, -0.2) is 32.5 Å². The van der Waals surface area contributed by atoms with Gasteiger partial charge in [-0.3, -0.25) is 0 Å². The van der Waals surface area contributed by atoms with E-state index in [1.165, 1.54) is 0 Å². The van der Waals surface area contributed by atoms with Crippen molar-refractivity contribution in [2.45, 2.75) is 20.0 Å². The average Bonchev–Trinajstić information content (AvgIpc) is 3.14. The summed E-state index contributed by atoms with van der Waals surface area (Å²) in [5, 5.41) is 0. The van der Waals surface area contributed by atoms with E-state index < -0.39 is 0 Å². The zero-order chi connectivity index (χ0) is 11.6. The molecule has 0 spiro atoms. The summed E-state index contributed by atoms with van der Waals surface area (Å²) in [5.74, 6) is 0.919. The van der Waals surface area contributed by atoms with Crippen LogP contribution >= 0.6 is 0 Å². The van der Waals surface area contributed by atoms with Crippen LogP contribution in [-0.2, 0) is 9.47 Å². The van der Waals surface area contributed by atoms with E-state index in [1.807, 2.05) is 44.2 Å². The van der Waals surface area contributed by atoms with E-state index in [-0.39, 0.29) is 0 Å². The molecule has 0 radical (unpaired) electrons. The Morgan fingerprint density at radius 1 is 1.19 bits per heavy atom. The van der Waals surface area contributed by atoms with E-state index in [9.17, 15) is 0 Å². The third kappa shape index (κ3) is 6.43. The summed E-state index contributed by atoms with van der Waals surface area (Å²) in [7, 11) is 0. The number of para-hydroxylation sites is 1. The number of ether oxygens (including phenoxy) is 3. The number of rotatable bonds is 5. The summed E-state index contributed by atoms with van der Waals surface area (Å²) in [4.78, 5) is 0. The third-order valence-electron chi connectivity index (χ3n) is 1.99. The highest BCUT2D eigenvalue weighted by Crippen LogP contribution is 2.13. The van der Waals surface area contributed by atoms with Crippen molar-refractivity contribution in [1.29, 1.82) is 0 Å². The first-order chi connectivity index (χ1) is 7.86. The number of benzene rings is 1. The summed E-state index contributed by atoms with van der Waals surface area (Å²) >= 11 is 0. The molecular weight excluding hydrogens is 204 g/mol. The molecule has 1 aliphatic rings. The molecule has 16 heavy (non-hydrogen) atoms. The van der Waals surface area contributed by atoms with Gasteiger partial charge in [0.2, 0.25) is 0 Å². The van der Waals surface area contributed by atoms with Crippen molar-refractivity contribution in [3.8, 4) is 5.75 Å². The topological polar surface area (TPSA) is 31.0 Å². The molecule has 1 aromatic carbocycles. The minimum absolute atomic E-state index is 0.343. The maximum atomic E-state index is 5.40. The highest BCUT2D eigenvalue weighted by molar-refractivity contribution is 5.20. The van der Waals surface area contributed by atoms with Crippen LogP contribution in [0, 0.1) is 0 Å². The highest BCUT2D eigenvalue weighted by Gasteiger charge is 2.22. The minimum atomic E-state index is 0.343. The van der Waals surface area contributed by atoms with Crippen LogP contribution in [0.5, 0.6) is 5.75 Å². The van der Waals surface area contributed by atoms with Crippen LogP contribution in [0.25, 0.3) is 0 Å². The van der Waals surface area contributed by atoms with Gasteiger partial charge >= 0.3 is 0 Å². The molecule has 1 heterocycles. The molecule has 1 atom stereocenters. The van der Waals surface area contributed by atoms with Crippen LogP contribution in [0.4, 0.5) is 0 Å². The molecule has 0 bridgehead atoms. The van der Waals surface area contributed by atoms with Gasteiger partial charge in [0.1, 0.15) is 18.5 Å². The average molecular weight is 224 g/mol. The van der Waals surface area contributed by atoms with Crippen molar-refractivity contribution in [1.82, 2.24) is 0 Å². The fraction of sp³-hybridized carbons (Fsp3) is 0.538. The zero-order valence-corrected chi connectivity index (χ0v) is 10.0. The fourth-order valence-corrected chi connectivity index (χ4v) is 1.07. The van der Waals surface area contributed by atoms with Crippen molar-refractivity contribution >= 4 is 0 Å². The van der Waals surface area contributed by atoms with Gasteiger partial charge in [-0.05, 0) is 26.0 Å². The summed E-state index contributed by atoms with van der Waals surface area (Å²) in [5.41, 5.74) is 0. The Bertz CT molecular complexity index is 255. The van der Waals surface area contributed by atoms with E-state index in [0.717, 1.165) is 25.6 Å². The van der Waals surface area contributed by atoms with Gasteiger partial charge in [0.25, 0.3) is 0 Å². The zero-order valence-electron chi connectivity index (χ0n) is 10.0. The van der Waals surface area contributed by atoms with Crippen molar-refractivity contribution < 1.29 is 14.2 Å². The fourth-order valence-electron chi connectivity index (χ4n) is 1.07. The predicted molar refractivity (Wildman–Crippen MR) is 63.8 cm³/mol. The lowest BCUT2D eigenvalue weighted by Crippen LogP contribution is -2.03. The van der Waals surface area contributed by atoms with Crippen molar-refractivity contribution in [3.05, 3.63) is 30.3 Å². The number of hydrogen-bond acceptors (Lipinski definition) is 3. The van der Waals surface area contributed by atoms with E-state index in [1.54, 1.807) is 0 Å². The largest absolute Gasteiger partial charge is 0.491 e. The quantitative estimate of drug-likeness (QED) is 0.720. The Labute approximate surface area is 97.3 Å². The van der Waals surface area contributed by atoms with Gasteiger partial charge in [-0.1, -0.05) is 18.2 Å². The van der Waals surface area contributed by atoms with E-state index in [0.29, 0.717) is 12.7 Å².